The molecule has 408 valence electrons. The number of carbonyl (C=O) groups excluding carboxylic acids is 2. The van der Waals surface area contributed by atoms with E-state index in [2.05, 4.69) is 31.3 Å². The van der Waals surface area contributed by atoms with Crippen LogP contribution in [-0.2, 0) is 14.3 Å². The lowest BCUT2D eigenvalue weighted by molar-refractivity contribution is -0.143. The van der Waals surface area contributed by atoms with Gasteiger partial charge in [-0.3, -0.25) is 9.59 Å². The predicted octanol–water partition coefficient (Wildman–Crippen LogP) is 19.4. The highest BCUT2D eigenvalue weighted by Crippen LogP contribution is 2.18. The van der Waals surface area contributed by atoms with Gasteiger partial charge < -0.3 is 20.3 Å². The lowest BCUT2D eigenvalue weighted by Gasteiger charge is -2.20. The molecule has 0 aliphatic heterocycles. The highest BCUT2D eigenvalue weighted by atomic mass is 16.5. The van der Waals surface area contributed by atoms with Crippen LogP contribution in [0.4, 0.5) is 0 Å². The number of nitrogens with one attached hydrogen (secondary N) is 1. The summed E-state index contributed by atoms with van der Waals surface area (Å²) in [6.45, 7) is 4.90. The van der Waals surface area contributed by atoms with E-state index in [0.29, 0.717) is 19.4 Å². The number of hydrogen-bond acceptors (Lipinski definition) is 5. The molecule has 0 fully saturated rings. The molecule has 0 bridgehead atoms. The van der Waals surface area contributed by atoms with Crippen LogP contribution in [0.5, 0.6) is 0 Å². The molecule has 3 N–H and O–H groups in total. The molecule has 0 rings (SSSR count). The fourth-order valence-corrected chi connectivity index (χ4v) is 9.69. The maximum Gasteiger partial charge on any atom is 0.305 e. The second-order valence-electron chi connectivity index (χ2n) is 21.4. The first kappa shape index (κ1) is 67.3. The van der Waals surface area contributed by atoms with Crippen molar-refractivity contribution in [3.63, 3.8) is 0 Å². The van der Waals surface area contributed by atoms with Crippen molar-refractivity contribution < 1.29 is 24.5 Å². The number of aliphatic hydroxyl groups is 2. The molecule has 0 saturated heterocycles. The monoisotopic (exact) mass is 972 g/mol. The average molecular weight is 973 g/mol. The summed E-state index contributed by atoms with van der Waals surface area (Å²) in [5, 5.41) is 23.1. The molecule has 2 unspecified atom stereocenters. The number of rotatable bonds is 58. The van der Waals surface area contributed by atoms with Crippen molar-refractivity contribution in [2.24, 2.45) is 0 Å². The quantitative estimate of drug-likeness (QED) is 0.0321. The number of ether oxygens (including phenoxy) is 1. The smallest absolute Gasteiger partial charge is 0.305 e. The van der Waals surface area contributed by atoms with Crippen molar-refractivity contribution in [1.82, 2.24) is 5.32 Å². The summed E-state index contributed by atoms with van der Waals surface area (Å²) in [4.78, 5) is 24.5. The van der Waals surface area contributed by atoms with Crippen LogP contribution in [0, 0.1) is 0 Å². The molecule has 0 aromatic rings. The van der Waals surface area contributed by atoms with Gasteiger partial charge in [-0.05, 0) is 57.8 Å². The minimum atomic E-state index is -0.843. The summed E-state index contributed by atoms with van der Waals surface area (Å²) in [6.07, 6.45) is 72.2. The fourth-order valence-electron chi connectivity index (χ4n) is 9.69. The van der Waals surface area contributed by atoms with Crippen molar-refractivity contribution in [2.75, 3.05) is 13.2 Å². The third-order valence-corrected chi connectivity index (χ3v) is 14.5. The van der Waals surface area contributed by atoms with E-state index in [1.54, 1.807) is 6.08 Å². The number of esters is 1. The Balaban J connectivity index is 3.39. The number of aliphatic hydroxyl groups excluding tert-OH is 2. The molecule has 0 aromatic heterocycles. The fraction of sp³-hybridized carbons (Fsp3) is 0.905. The molecular formula is C63H121NO5. The molecule has 0 spiro atoms. The Labute approximate surface area is 431 Å². The molecule has 0 aromatic carbocycles. The van der Waals surface area contributed by atoms with Crippen LogP contribution in [0.15, 0.2) is 24.3 Å². The molecule has 0 heterocycles. The van der Waals surface area contributed by atoms with E-state index in [1.807, 2.05) is 6.08 Å². The summed E-state index contributed by atoms with van der Waals surface area (Å²) in [6, 6.07) is -0.626. The standard InChI is InChI=1S/C63H121NO5/c1-3-5-7-9-11-13-15-17-18-29-32-35-39-43-47-51-55-61(66)60(59-65)64-62(67)56-52-48-44-40-36-33-30-27-25-23-21-19-20-22-24-26-28-31-34-38-42-46-50-54-58-69-63(68)57-53-49-45-41-37-16-14-12-10-8-6-4-2/h12,14,51,55,60-61,65-66H,3-11,13,15-50,52-54,56-59H2,1-2H3,(H,64,67)/b14-12-,55-51+. The Bertz CT molecular complexity index is 1080. The van der Waals surface area contributed by atoms with Crippen LogP contribution in [0.3, 0.4) is 0 Å². The van der Waals surface area contributed by atoms with E-state index in [-0.39, 0.29) is 18.5 Å². The Morgan fingerprint density at radius 2 is 0.681 bits per heavy atom. The van der Waals surface area contributed by atoms with E-state index in [0.717, 1.165) is 44.9 Å². The van der Waals surface area contributed by atoms with Gasteiger partial charge >= 0.3 is 5.97 Å². The van der Waals surface area contributed by atoms with Crippen LogP contribution >= 0.6 is 0 Å². The van der Waals surface area contributed by atoms with Crippen molar-refractivity contribution in [3.8, 4) is 0 Å². The van der Waals surface area contributed by atoms with Crippen LogP contribution in [0.1, 0.15) is 341 Å². The minimum Gasteiger partial charge on any atom is -0.466 e. The lowest BCUT2D eigenvalue weighted by atomic mass is 10.0. The zero-order chi connectivity index (χ0) is 50.0. The van der Waals surface area contributed by atoms with Gasteiger partial charge in [0.15, 0.2) is 0 Å². The van der Waals surface area contributed by atoms with E-state index < -0.39 is 12.1 Å². The minimum absolute atomic E-state index is 0.00508. The third-order valence-electron chi connectivity index (χ3n) is 14.5. The van der Waals surface area contributed by atoms with Crippen LogP contribution in [0.2, 0.25) is 0 Å². The topological polar surface area (TPSA) is 95.9 Å². The van der Waals surface area contributed by atoms with Gasteiger partial charge in [-0.2, -0.15) is 0 Å². The molecule has 6 heteroatoms. The van der Waals surface area contributed by atoms with E-state index in [9.17, 15) is 19.8 Å². The average Bonchev–Trinajstić information content (AvgIpc) is 3.35. The van der Waals surface area contributed by atoms with Crippen molar-refractivity contribution >= 4 is 11.9 Å². The highest BCUT2D eigenvalue weighted by Gasteiger charge is 2.18. The van der Waals surface area contributed by atoms with E-state index >= 15 is 0 Å². The maximum atomic E-state index is 12.5. The van der Waals surface area contributed by atoms with Crippen molar-refractivity contribution in [2.45, 2.75) is 353 Å². The van der Waals surface area contributed by atoms with Gasteiger partial charge in [-0.25, -0.2) is 0 Å². The molecule has 0 saturated carbocycles. The van der Waals surface area contributed by atoms with Gasteiger partial charge in [0.25, 0.3) is 0 Å². The molecule has 2 atom stereocenters. The molecule has 69 heavy (non-hydrogen) atoms. The first-order valence-electron chi connectivity index (χ1n) is 31.1. The summed E-state index contributed by atoms with van der Waals surface area (Å²) >= 11 is 0. The van der Waals surface area contributed by atoms with Crippen LogP contribution in [-0.4, -0.2) is 47.4 Å². The Morgan fingerprint density at radius 1 is 0.391 bits per heavy atom. The van der Waals surface area contributed by atoms with Gasteiger partial charge in [-0.1, -0.05) is 295 Å². The van der Waals surface area contributed by atoms with Gasteiger partial charge in [0, 0.05) is 12.8 Å². The summed E-state index contributed by atoms with van der Waals surface area (Å²) in [5.74, 6) is -0.0597. The second kappa shape index (κ2) is 58.9. The zero-order valence-electron chi connectivity index (χ0n) is 46.6. The number of amides is 1. The number of carbonyl (C=O) groups is 2. The predicted molar refractivity (Wildman–Crippen MR) is 301 cm³/mol. The molecule has 0 radical (unpaired) electrons. The highest BCUT2D eigenvalue weighted by molar-refractivity contribution is 5.76. The Morgan fingerprint density at radius 3 is 1.06 bits per heavy atom. The normalized spacial score (nSPS) is 12.7. The van der Waals surface area contributed by atoms with E-state index in [4.69, 9.17) is 4.74 Å². The molecule has 1 amide bonds. The Hall–Kier alpha value is -1.66. The summed E-state index contributed by atoms with van der Waals surface area (Å²) < 4.78 is 5.47. The van der Waals surface area contributed by atoms with Crippen molar-refractivity contribution in [3.05, 3.63) is 24.3 Å². The number of unbranched alkanes of at least 4 members (excludes halogenated alkanes) is 45. The second-order valence-corrected chi connectivity index (χ2v) is 21.4. The zero-order valence-corrected chi connectivity index (χ0v) is 46.6. The third kappa shape index (κ3) is 55.5. The maximum absolute atomic E-state index is 12.5. The lowest BCUT2D eigenvalue weighted by Crippen LogP contribution is -2.45. The molecule has 0 aliphatic carbocycles. The van der Waals surface area contributed by atoms with Gasteiger partial charge in [0.05, 0.1) is 25.4 Å². The van der Waals surface area contributed by atoms with Crippen molar-refractivity contribution in [1.29, 1.82) is 0 Å². The molecular weight excluding hydrogens is 851 g/mol. The number of allylic oxidation sites excluding steroid dienone is 3. The SMILES string of the molecule is CCCCC/C=C\CCCCCCCC(=O)OCCCCCCCCCCCCCCCCCCCCCCCCCCC(=O)NC(CO)C(O)/C=C/CCCCCCCCCCCCCCCC. The van der Waals surface area contributed by atoms with Crippen LogP contribution in [0.25, 0.3) is 0 Å². The molecule has 6 nitrogen and oxygen atoms in total. The first-order valence-corrected chi connectivity index (χ1v) is 31.1. The van der Waals surface area contributed by atoms with Gasteiger partial charge in [0.1, 0.15) is 0 Å². The van der Waals surface area contributed by atoms with Gasteiger partial charge in [-0.15, -0.1) is 0 Å². The largest absolute Gasteiger partial charge is 0.466 e. The van der Waals surface area contributed by atoms with E-state index in [1.165, 1.54) is 270 Å². The Kier molecular flexibility index (Phi) is 57.5. The first-order chi connectivity index (χ1) is 34.0. The number of hydrogen-bond donors (Lipinski definition) is 3. The van der Waals surface area contributed by atoms with Crippen LogP contribution < -0.4 is 5.32 Å². The van der Waals surface area contributed by atoms with Gasteiger partial charge in [0.2, 0.25) is 5.91 Å². The summed E-state index contributed by atoms with van der Waals surface area (Å²) in [7, 11) is 0. The molecule has 0 aliphatic rings. The summed E-state index contributed by atoms with van der Waals surface area (Å²) in [5.41, 5.74) is 0.